The van der Waals surface area contributed by atoms with Crippen molar-refractivity contribution in [2.24, 2.45) is 0 Å². The van der Waals surface area contributed by atoms with Crippen LogP contribution in [0.4, 0.5) is 8.78 Å². The number of benzene rings is 1. The molecule has 19 heavy (non-hydrogen) atoms. The highest BCUT2D eigenvalue weighted by molar-refractivity contribution is 5.27. The Morgan fingerprint density at radius 2 is 1.84 bits per heavy atom. The van der Waals surface area contributed by atoms with E-state index in [0.717, 1.165) is 25.1 Å². The largest absolute Gasteiger partial charge is 0.435 e. The first-order valence-electron chi connectivity index (χ1n) is 6.44. The lowest BCUT2D eigenvalue weighted by atomic mass is 10.2. The zero-order valence-electron chi connectivity index (χ0n) is 11.4. The molecule has 0 aromatic heterocycles. The molecule has 0 aliphatic rings. The van der Waals surface area contributed by atoms with Gasteiger partial charge >= 0.3 is 6.61 Å². The lowest BCUT2D eigenvalue weighted by Crippen LogP contribution is -2.17. The fraction of sp³-hybridized carbons (Fsp3) is 0.571. The Hall–Kier alpha value is -1.20. The van der Waals surface area contributed by atoms with Crippen LogP contribution in [-0.2, 0) is 11.3 Å². The van der Waals surface area contributed by atoms with Gasteiger partial charge in [-0.1, -0.05) is 12.1 Å². The van der Waals surface area contributed by atoms with Gasteiger partial charge in [-0.2, -0.15) is 8.78 Å². The Balaban J connectivity index is 2.16. The van der Waals surface area contributed by atoms with Gasteiger partial charge in [-0.3, -0.25) is 0 Å². The molecule has 0 radical (unpaired) electrons. The monoisotopic (exact) mass is 273 g/mol. The molecule has 0 saturated carbocycles. The fourth-order valence-corrected chi connectivity index (χ4v) is 1.54. The summed E-state index contributed by atoms with van der Waals surface area (Å²) >= 11 is 0. The second-order valence-corrected chi connectivity index (χ2v) is 4.47. The molecule has 0 aliphatic heterocycles. The highest BCUT2D eigenvalue weighted by Crippen LogP contribution is 2.14. The first-order chi connectivity index (χ1) is 9.08. The van der Waals surface area contributed by atoms with Gasteiger partial charge < -0.3 is 14.8 Å². The van der Waals surface area contributed by atoms with Gasteiger partial charge in [0.05, 0.1) is 6.10 Å². The number of hydrogen-bond donors (Lipinski definition) is 1. The third kappa shape index (κ3) is 7.74. The van der Waals surface area contributed by atoms with Crippen LogP contribution in [0, 0.1) is 0 Å². The van der Waals surface area contributed by atoms with E-state index in [4.69, 9.17) is 4.74 Å². The molecule has 0 amide bonds. The van der Waals surface area contributed by atoms with Crippen LogP contribution >= 0.6 is 0 Å². The van der Waals surface area contributed by atoms with Crippen molar-refractivity contribution in [3.63, 3.8) is 0 Å². The van der Waals surface area contributed by atoms with Crippen molar-refractivity contribution in [2.45, 2.75) is 39.5 Å². The average Bonchev–Trinajstić information content (AvgIpc) is 2.34. The van der Waals surface area contributed by atoms with Crippen LogP contribution in [0.1, 0.15) is 25.8 Å². The Kier molecular flexibility index (Phi) is 7.36. The van der Waals surface area contributed by atoms with Gasteiger partial charge in [0.1, 0.15) is 5.75 Å². The molecule has 0 unspecified atom stereocenters. The summed E-state index contributed by atoms with van der Waals surface area (Å²) in [6.07, 6.45) is 1.22. The van der Waals surface area contributed by atoms with E-state index in [-0.39, 0.29) is 11.9 Å². The zero-order chi connectivity index (χ0) is 14.1. The highest BCUT2D eigenvalue weighted by Gasteiger charge is 2.03. The molecule has 108 valence electrons. The first-order valence-corrected chi connectivity index (χ1v) is 6.44. The second-order valence-electron chi connectivity index (χ2n) is 4.47. The minimum absolute atomic E-state index is 0.184. The molecule has 0 saturated heterocycles. The predicted octanol–water partition coefficient (Wildman–Crippen LogP) is 3.19. The fourth-order valence-electron chi connectivity index (χ4n) is 1.54. The number of hydrogen-bond acceptors (Lipinski definition) is 3. The van der Waals surface area contributed by atoms with E-state index in [1.807, 2.05) is 13.8 Å². The van der Waals surface area contributed by atoms with E-state index < -0.39 is 6.61 Å². The summed E-state index contributed by atoms with van der Waals surface area (Å²) in [6, 6.07) is 6.64. The number of alkyl halides is 2. The molecular formula is C14H21F2NO2. The molecule has 0 spiro atoms. The van der Waals surface area contributed by atoms with Crippen LogP contribution in [-0.4, -0.2) is 25.9 Å². The van der Waals surface area contributed by atoms with Crippen LogP contribution in [0.5, 0.6) is 5.75 Å². The van der Waals surface area contributed by atoms with Gasteiger partial charge in [-0.15, -0.1) is 0 Å². The summed E-state index contributed by atoms with van der Waals surface area (Å²) in [5.74, 6) is 0.184. The average molecular weight is 273 g/mol. The van der Waals surface area contributed by atoms with Crippen molar-refractivity contribution in [3.05, 3.63) is 29.8 Å². The molecular weight excluding hydrogens is 252 g/mol. The van der Waals surface area contributed by atoms with Gasteiger partial charge in [0, 0.05) is 13.2 Å². The van der Waals surface area contributed by atoms with Crippen LogP contribution in [0.3, 0.4) is 0 Å². The summed E-state index contributed by atoms with van der Waals surface area (Å²) in [5.41, 5.74) is 1.03. The molecule has 0 atom stereocenters. The molecule has 0 bridgehead atoms. The van der Waals surface area contributed by atoms with Gasteiger partial charge in [0.15, 0.2) is 0 Å². The third-order valence-electron chi connectivity index (χ3n) is 2.43. The first kappa shape index (κ1) is 15.9. The van der Waals surface area contributed by atoms with Crippen LogP contribution in [0.25, 0.3) is 0 Å². The lowest BCUT2D eigenvalue weighted by molar-refractivity contribution is -0.0498. The maximum atomic E-state index is 12.0. The Morgan fingerprint density at radius 1 is 1.16 bits per heavy atom. The maximum Gasteiger partial charge on any atom is 0.387 e. The second kappa shape index (κ2) is 8.82. The van der Waals surface area contributed by atoms with E-state index in [2.05, 4.69) is 10.1 Å². The summed E-state index contributed by atoms with van der Waals surface area (Å²) < 4.78 is 33.6. The number of ether oxygens (including phenoxy) is 2. The summed E-state index contributed by atoms with van der Waals surface area (Å²) in [5, 5.41) is 3.27. The van der Waals surface area contributed by atoms with Crippen molar-refractivity contribution in [2.75, 3.05) is 13.2 Å². The normalized spacial score (nSPS) is 11.3. The molecule has 5 heteroatoms. The number of halogens is 2. The van der Waals surface area contributed by atoms with Crippen molar-refractivity contribution < 1.29 is 18.3 Å². The summed E-state index contributed by atoms with van der Waals surface area (Å²) in [4.78, 5) is 0. The van der Waals surface area contributed by atoms with Crippen molar-refractivity contribution in [3.8, 4) is 5.75 Å². The molecule has 0 heterocycles. The predicted molar refractivity (Wildman–Crippen MR) is 70.5 cm³/mol. The standard InChI is InChI=1S/C14H21F2NO2/c1-11(2)18-9-3-8-17-10-12-4-6-13(7-5-12)19-14(15)16/h4-7,11,14,17H,3,8-10H2,1-2H3. The SMILES string of the molecule is CC(C)OCCCNCc1ccc(OC(F)F)cc1. The maximum absolute atomic E-state index is 12.0. The number of nitrogens with one attached hydrogen (secondary N) is 1. The van der Waals surface area contributed by atoms with Crippen LogP contribution in [0.2, 0.25) is 0 Å². The molecule has 0 fully saturated rings. The zero-order valence-corrected chi connectivity index (χ0v) is 11.4. The third-order valence-corrected chi connectivity index (χ3v) is 2.43. The van der Waals surface area contributed by atoms with Crippen molar-refractivity contribution >= 4 is 0 Å². The van der Waals surface area contributed by atoms with Crippen LogP contribution in [0.15, 0.2) is 24.3 Å². The summed E-state index contributed by atoms with van der Waals surface area (Å²) in [7, 11) is 0. The Morgan fingerprint density at radius 3 is 2.42 bits per heavy atom. The number of rotatable bonds is 9. The van der Waals surface area contributed by atoms with E-state index >= 15 is 0 Å². The van der Waals surface area contributed by atoms with Crippen molar-refractivity contribution in [1.82, 2.24) is 5.32 Å². The van der Waals surface area contributed by atoms with Crippen molar-refractivity contribution in [1.29, 1.82) is 0 Å². The van der Waals surface area contributed by atoms with Gasteiger partial charge in [-0.25, -0.2) is 0 Å². The lowest BCUT2D eigenvalue weighted by Gasteiger charge is -2.09. The highest BCUT2D eigenvalue weighted by atomic mass is 19.3. The molecule has 1 aromatic rings. The van der Waals surface area contributed by atoms with Gasteiger partial charge in [-0.05, 0) is 44.5 Å². The topological polar surface area (TPSA) is 30.5 Å². The Bertz CT molecular complexity index is 342. The van der Waals surface area contributed by atoms with Gasteiger partial charge in [0.25, 0.3) is 0 Å². The van der Waals surface area contributed by atoms with Crippen LogP contribution < -0.4 is 10.1 Å². The minimum atomic E-state index is -2.77. The quantitative estimate of drug-likeness (QED) is 0.701. The molecule has 3 nitrogen and oxygen atoms in total. The smallest absolute Gasteiger partial charge is 0.387 e. The molecule has 1 rings (SSSR count). The van der Waals surface area contributed by atoms with E-state index in [1.54, 1.807) is 24.3 Å². The van der Waals surface area contributed by atoms with E-state index in [1.165, 1.54) is 0 Å². The van der Waals surface area contributed by atoms with E-state index in [0.29, 0.717) is 6.54 Å². The molecule has 1 aromatic carbocycles. The Labute approximate surface area is 112 Å². The molecule has 0 aliphatic carbocycles. The molecule has 1 N–H and O–H groups in total. The minimum Gasteiger partial charge on any atom is -0.435 e. The van der Waals surface area contributed by atoms with Gasteiger partial charge in [0.2, 0.25) is 0 Å². The van der Waals surface area contributed by atoms with E-state index in [9.17, 15) is 8.78 Å². The summed E-state index contributed by atoms with van der Waals surface area (Å²) in [6.45, 7) is 3.56.